The third kappa shape index (κ3) is 4.41. The van der Waals surface area contributed by atoms with Crippen LogP contribution in [0.2, 0.25) is 5.02 Å². The quantitative estimate of drug-likeness (QED) is 0.671. The molecule has 162 valence electrons. The normalized spacial score (nSPS) is 26.1. The van der Waals surface area contributed by atoms with Crippen LogP contribution in [0.15, 0.2) is 30.0 Å². The largest absolute Gasteiger partial charge is 0.379 e. The van der Waals surface area contributed by atoms with Gasteiger partial charge in [0.25, 0.3) is 11.8 Å². The van der Waals surface area contributed by atoms with E-state index in [1.807, 2.05) is 12.1 Å². The van der Waals surface area contributed by atoms with Crippen molar-refractivity contribution in [3.05, 3.63) is 40.5 Å². The van der Waals surface area contributed by atoms with Crippen LogP contribution >= 0.6 is 11.6 Å². The average Bonchev–Trinajstić information content (AvgIpc) is 2.97. The third-order valence-electron chi connectivity index (χ3n) is 6.21. The first-order chi connectivity index (χ1) is 14.4. The zero-order chi connectivity index (χ0) is 21.3. The molecule has 7 heteroatoms. The van der Waals surface area contributed by atoms with Crippen LogP contribution < -0.4 is 0 Å². The van der Waals surface area contributed by atoms with Crippen molar-refractivity contribution in [3.63, 3.8) is 0 Å². The molecule has 0 aromatic heterocycles. The molecule has 0 N–H and O–H groups in total. The fourth-order valence-electron chi connectivity index (χ4n) is 4.85. The summed E-state index contributed by atoms with van der Waals surface area (Å²) in [7, 11) is 0. The molecule has 3 aliphatic rings. The highest BCUT2D eigenvalue weighted by molar-refractivity contribution is 6.36. The Kier molecular flexibility index (Phi) is 6.46. The van der Waals surface area contributed by atoms with Gasteiger partial charge < -0.3 is 9.64 Å². The molecule has 2 saturated heterocycles. The van der Waals surface area contributed by atoms with Gasteiger partial charge in [0.2, 0.25) is 0 Å². The second kappa shape index (κ2) is 9.08. The maximum absolute atomic E-state index is 13.5. The van der Waals surface area contributed by atoms with Gasteiger partial charge in [-0.05, 0) is 36.0 Å². The minimum atomic E-state index is -0.198. The zero-order valence-electron chi connectivity index (χ0n) is 17.8. The van der Waals surface area contributed by atoms with Crippen molar-refractivity contribution in [2.24, 2.45) is 11.8 Å². The van der Waals surface area contributed by atoms with E-state index in [4.69, 9.17) is 16.3 Å². The van der Waals surface area contributed by atoms with Gasteiger partial charge in [0.1, 0.15) is 5.70 Å². The van der Waals surface area contributed by atoms with Crippen molar-refractivity contribution in [3.8, 4) is 0 Å². The number of carbonyl (C=O) groups excluding carboxylic acids is 2. The predicted octanol–water partition coefficient (Wildman–Crippen LogP) is 2.73. The maximum atomic E-state index is 13.5. The van der Waals surface area contributed by atoms with E-state index in [0.29, 0.717) is 54.4 Å². The van der Waals surface area contributed by atoms with Crippen LogP contribution in [0.25, 0.3) is 5.57 Å². The van der Waals surface area contributed by atoms with Gasteiger partial charge in [-0.25, -0.2) is 0 Å². The van der Waals surface area contributed by atoms with E-state index >= 15 is 0 Å². The number of benzene rings is 1. The number of morpholine rings is 1. The van der Waals surface area contributed by atoms with Gasteiger partial charge in [-0.3, -0.25) is 19.4 Å². The highest BCUT2D eigenvalue weighted by atomic mass is 35.5. The Morgan fingerprint density at radius 3 is 2.23 bits per heavy atom. The lowest BCUT2D eigenvalue weighted by atomic mass is 9.91. The first kappa shape index (κ1) is 21.3. The van der Waals surface area contributed by atoms with Crippen LogP contribution in [0.3, 0.4) is 0 Å². The zero-order valence-corrected chi connectivity index (χ0v) is 18.5. The molecule has 0 aliphatic carbocycles. The summed E-state index contributed by atoms with van der Waals surface area (Å²) in [5, 5.41) is 0.613. The molecule has 4 rings (SSSR count). The fourth-order valence-corrected chi connectivity index (χ4v) is 4.97. The number of nitrogens with zero attached hydrogens (tertiary/aromatic N) is 3. The van der Waals surface area contributed by atoms with Gasteiger partial charge in [-0.2, -0.15) is 0 Å². The molecule has 3 aliphatic heterocycles. The monoisotopic (exact) mass is 431 g/mol. The van der Waals surface area contributed by atoms with Crippen LogP contribution in [-0.4, -0.2) is 79.0 Å². The molecule has 0 radical (unpaired) electrons. The molecule has 0 bridgehead atoms. The lowest BCUT2D eigenvalue weighted by Gasteiger charge is -2.37. The molecule has 1 aromatic carbocycles. The minimum absolute atomic E-state index is 0.167. The summed E-state index contributed by atoms with van der Waals surface area (Å²) in [5.74, 6) is 0.604. The molecule has 6 nitrogen and oxygen atoms in total. The van der Waals surface area contributed by atoms with E-state index in [-0.39, 0.29) is 11.8 Å². The summed E-state index contributed by atoms with van der Waals surface area (Å²) in [6.45, 7) is 10.2. The number of piperidine rings is 1. The number of rotatable bonds is 5. The van der Waals surface area contributed by atoms with Crippen molar-refractivity contribution >= 4 is 29.0 Å². The van der Waals surface area contributed by atoms with Crippen molar-refractivity contribution in [2.45, 2.75) is 20.3 Å². The third-order valence-corrected chi connectivity index (χ3v) is 6.46. The molecular weight excluding hydrogens is 402 g/mol. The number of carbonyl (C=O) groups is 2. The Labute approximate surface area is 183 Å². The first-order valence-corrected chi connectivity index (χ1v) is 11.2. The van der Waals surface area contributed by atoms with Crippen LogP contribution in [0.1, 0.15) is 25.8 Å². The second-order valence-corrected chi connectivity index (χ2v) is 9.23. The van der Waals surface area contributed by atoms with Crippen molar-refractivity contribution < 1.29 is 14.3 Å². The number of hydrogen-bond acceptors (Lipinski definition) is 5. The number of hydrogen-bond donors (Lipinski definition) is 0. The highest BCUT2D eigenvalue weighted by Gasteiger charge is 2.42. The number of amides is 2. The summed E-state index contributed by atoms with van der Waals surface area (Å²) >= 11 is 6.07. The topological polar surface area (TPSA) is 53.1 Å². The Morgan fingerprint density at radius 1 is 0.967 bits per heavy atom. The highest BCUT2D eigenvalue weighted by Crippen LogP contribution is 2.35. The Bertz CT molecular complexity index is 823. The van der Waals surface area contributed by atoms with E-state index in [9.17, 15) is 9.59 Å². The van der Waals surface area contributed by atoms with Crippen LogP contribution in [-0.2, 0) is 14.3 Å². The van der Waals surface area contributed by atoms with Crippen LogP contribution in [0.5, 0.6) is 0 Å². The second-order valence-electron chi connectivity index (χ2n) is 8.80. The SMILES string of the molecule is CC1CC(C)CN(C2=C(c3ccc(Cl)cc3)C(=O)N(CCN3CCOCC3)C2=O)C1. The lowest BCUT2D eigenvalue weighted by molar-refractivity contribution is -0.138. The molecule has 2 amide bonds. The molecule has 30 heavy (non-hydrogen) atoms. The molecule has 1 aromatic rings. The Morgan fingerprint density at radius 2 is 1.60 bits per heavy atom. The van der Waals surface area contributed by atoms with Crippen LogP contribution in [0.4, 0.5) is 0 Å². The van der Waals surface area contributed by atoms with E-state index in [1.165, 1.54) is 4.90 Å². The van der Waals surface area contributed by atoms with E-state index in [0.717, 1.165) is 38.2 Å². The van der Waals surface area contributed by atoms with Gasteiger partial charge in [-0.1, -0.05) is 37.6 Å². The Hall–Kier alpha value is -1.89. The summed E-state index contributed by atoms with van der Waals surface area (Å²) in [4.78, 5) is 32.7. The molecule has 0 saturated carbocycles. The Balaban J connectivity index is 1.63. The number of ether oxygens (including phenoxy) is 1. The standard InChI is InChI=1S/C23H30ClN3O3/c1-16-13-17(2)15-26(14-16)21-20(18-3-5-19(24)6-4-18)22(28)27(23(21)29)8-7-25-9-11-30-12-10-25/h3-6,16-17H,7-15H2,1-2H3. The molecular formula is C23H30ClN3O3. The van der Waals surface area contributed by atoms with Gasteiger partial charge >= 0.3 is 0 Å². The predicted molar refractivity (Wildman–Crippen MR) is 117 cm³/mol. The van der Waals surface area contributed by atoms with Gasteiger partial charge in [0.15, 0.2) is 0 Å². The van der Waals surface area contributed by atoms with Gasteiger partial charge in [0, 0.05) is 44.3 Å². The lowest BCUT2D eigenvalue weighted by Crippen LogP contribution is -2.45. The van der Waals surface area contributed by atoms with Crippen molar-refractivity contribution in [2.75, 3.05) is 52.5 Å². The summed E-state index contributed by atoms with van der Waals surface area (Å²) < 4.78 is 5.40. The maximum Gasteiger partial charge on any atom is 0.277 e. The van der Waals surface area contributed by atoms with Crippen molar-refractivity contribution in [1.82, 2.24) is 14.7 Å². The van der Waals surface area contributed by atoms with E-state index < -0.39 is 0 Å². The minimum Gasteiger partial charge on any atom is -0.379 e. The number of halogens is 1. The molecule has 0 spiro atoms. The molecule has 2 atom stereocenters. The summed E-state index contributed by atoms with van der Waals surface area (Å²) in [5.41, 5.74) is 1.83. The molecule has 3 heterocycles. The van der Waals surface area contributed by atoms with Gasteiger partial charge in [0.05, 0.1) is 18.8 Å². The number of imide groups is 1. The average molecular weight is 432 g/mol. The van der Waals surface area contributed by atoms with Crippen molar-refractivity contribution in [1.29, 1.82) is 0 Å². The summed E-state index contributed by atoms with van der Waals surface area (Å²) in [6, 6.07) is 7.23. The fraction of sp³-hybridized carbons (Fsp3) is 0.565. The van der Waals surface area contributed by atoms with Crippen LogP contribution in [0, 0.1) is 11.8 Å². The first-order valence-electron chi connectivity index (χ1n) is 10.9. The number of likely N-dealkylation sites (tertiary alicyclic amines) is 1. The molecule has 2 fully saturated rings. The van der Waals surface area contributed by atoms with E-state index in [1.54, 1.807) is 12.1 Å². The van der Waals surface area contributed by atoms with Gasteiger partial charge in [-0.15, -0.1) is 0 Å². The van der Waals surface area contributed by atoms with E-state index in [2.05, 4.69) is 23.6 Å². The smallest absolute Gasteiger partial charge is 0.277 e. The molecule has 2 unspecified atom stereocenters. The summed E-state index contributed by atoms with van der Waals surface area (Å²) in [6.07, 6.45) is 1.14.